The molecule has 0 aliphatic rings. The number of phenols is 1. The second-order valence-corrected chi connectivity index (χ2v) is 5.52. The number of aliphatic hydroxyl groups is 1. The molecule has 0 heterocycles. The maximum Gasteiger partial charge on any atom is 0.414 e. The molecule has 138 valence electrons. The van der Waals surface area contributed by atoms with E-state index in [9.17, 15) is 19.8 Å². The van der Waals surface area contributed by atoms with Crippen LogP contribution in [0.5, 0.6) is 5.75 Å². The van der Waals surface area contributed by atoms with Gasteiger partial charge in [-0.1, -0.05) is 30.3 Å². The van der Waals surface area contributed by atoms with Crippen molar-refractivity contribution in [1.82, 2.24) is 5.32 Å². The second kappa shape index (κ2) is 9.55. The summed E-state index contributed by atoms with van der Waals surface area (Å²) in [5.41, 5.74) is 0.884. The molecule has 2 rings (SSSR count). The first-order valence-electron chi connectivity index (χ1n) is 8.04. The molecule has 2 aromatic carbocycles. The van der Waals surface area contributed by atoms with Crippen molar-refractivity contribution in [3.63, 3.8) is 0 Å². The SMILES string of the molecule is CO[C@@H](CCO)[C@@H](OC(=O)NC(=O)c1ccccc1)c1ccc(O)cc1. The molecule has 0 fully saturated rings. The van der Waals surface area contributed by atoms with Crippen molar-refractivity contribution in [1.29, 1.82) is 0 Å². The quantitative estimate of drug-likeness (QED) is 0.701. The maximum absolute atomic E-state index is 12.2. The first-order chi connectivity index (χ1) is 12.5. The molecule has 0 aliphatic carbocycles. The number of hydrogen-bond acceptors (Lipinski definition) is 6. The molecule has 0 aliphatic heterocycles. The Morgan fingerprint density at radius 1 is 1.08 bits per heavy atom. The Balaban J connectivity index is 2.13. The fourth-order valence-corrected chi connectivity index (χ4v) is 2.44. The number of carbonyl (C=O) groups is 2. The molecule has 26 heavy (non-hydrogen) atoms. The van der Waals surface area contributed by atoms with Crippen LogP contribution >= 0.6 is 0 Å². The Kier molecular flexibility index (Phi) is 7.13. The van der Waals surface area contributed by atoms with Gasteiger partial charge in [-0.05, 0) is 29.8 Å². The summed E-state index contributed by atoms with van der Waals surface area (Å²) in [6, 6.07) is 14.3. The number of amides is 2. The third-order valence-corrected chi connectivity index (χ3v) is 3.76. The van der Waals surface area contributed by atoms with Gasteiger partial charge in [0.2, 0.25) is 0 Å². The highest BCUT2D eigenvalue weighted by atomic mass is 16.6. The van der Waals surface area contributed by atoms with Gasteiger partial charge in [0.25, 0.3) is 5.91 Å². The van der Waals surface area contributed by atoms with Crippen molar-refractivity contribution >= 4 is 12.0 Å². The van der Waals surface area contributed by atoms with Crippen LogP contribution in [0.3, 0.4) is 0 Å². The Morgan fingerprint density at radius 2 is 1.73 bits per heavy atom. The molecule has 3 N–H and O–H groups in total. The van der Waals surface area contributed by atoms with Crippen LogP contribution in [0.25, 0.3) is 0 Å². The number of methoxy groups -OCH3 is 1. The highest BCUT2D eigenvalue weighted by molar-refractivity contribution is 6.02. The Morgan fingerprint density at radius 3 is 2.31 bits per heavy atom. The highest BCUT2D eigenvalue weighted by Gasteiger charge is 2.27. The molecule has 2 aromatic rings. The largest absolute Gasteiger partial charge is 0.508 e. The van der Waals surface area contributed by atoms with Gasteiger partial charge in [0, 0.05) is 25.7 Å². The van der Waals surface area contributed by atoms with Crippen LogP contribution in [0.4, 0.5) is 4.79 Å². The summed E-state index contributed by atoms with van der Waals surface area (Å²) in [7, 11) is 1.43. The van der Waals surface area contributed by atoms with Crippen LogP contribution in [0.1, 0.15) is 28.4 Å². The molecule has 0 spiro atoms. The van der Waals surface area contributed by atoms with Crippen molar-refractivity contribution in [2.24, 2.45) is 0 Å². The zero-order valence-corrected chi connectivity index (χ0v) is 14.3. The normalized spacial score (nSPS) is 12.8. The van der Waals surface area contributed by atoms with Crippen molar-refractivity contribution < 1.29 is 29.3 Å². The molecule has 0 aromatic heterocycles. The number of carbonyl (C=O) groups excluding carboxylic acids is 2. The smallest absolute Gasteiger partial charge is 0.414 e. The van der Waals surface area contributed by atoms with Crippen LogP contribution < -0.4 is 5.32 Å². The Labute approximate surface area is 151 Å². The Bertz CT molecular complexity index is 717. The molecular formula is C19H21NO6. The summed E-state index contributed by atoms with van der Waals surface area (Å²) in [4.78, 5) is 24.2. The molecular weight excluding hydrogens is 338 g/mol. The van der Waals surface area contributed by atoms with E-state index in [-0.39, 0.29) is 18.8 Å². The van der Waals surface area contributed by atoms with E-state index in [0.29, 0.717) is 11.1 Å². The number of hydrogen-bond donors (Lipinski definition) is 3. The van der Waals surface area contributed by atoms with Gasteiger partial charge < -0.3 is 19.7 Å². The molecule has 7 heteroatoms. The third kappa shape index (κ3) is 5.30. The summed E-state index contributed by atoms with van der Waals surface area (Å²) < 4.78 is 10.7. The summed E-state index contributed by atoms with van der Waals surface area (Å²) >= 11 is 0. The minimum Gasteiger partial charge on any atom is -0.508 e. The lowest BCUT2D eigenvalue weighted by Crippen LogP contribution is -2.35. The summed E-state index contributed by atoms with van der Waals surface area (Å²) in [6.45, 7) is -0.166. The van der Waals surface area contributed by atoms with Crippen LogP contribution in [0.2, 0.25) is 0 Å². The second-order valence-electron chi connectivity index (χ2n) is 5.52. The van der Waals surface area contributed by atoms with Crippen molar-refractivity contribution in [2.75, 3.05) is 13.7 Å². The van der Waals surface area contributed by atoms with Crippen LogP contribution in [0.15, 0.2) is 54.6 Å². The van der Waals surface area contributed by atoms with Gasteiger partial charge in [-0.25, -0.2) is 4.79 Å². The number of phenolic OH excluding ortho intramolecular Hbond substituents is 1. The van der Waals surface area contributed by atoms with E-state index >= 15 is 0 Å². The van der Waals surface area contributed by atoms with Gasteiger partial charge in [-0.2, -0.15) is 0 Å². The first-order valence-corrected chi connectivity index (χ1v) is 8.04. The lowest BCUT2D eigenvalue weighted by Gasteiger charge is -2.26. The Hall–Kier alpha value is -2.90. The average Bonchev–Trinajstić information content (AvgIpc) is 2.66. The number of aliphatic hydroxyl groups excluding tert-OH is 1. The van der Waals surface area contributed by atoms with Gasteiger partial charge in [-0.3, -0.25) is 10.1 Å². The molecule has 7 nitrogen and oxygen atoms in total. The zero-order valence-electron chi connectivity index (χ0n) is 14.3. The fourth-order valence-electron chi connectivity index (χ4n) is 2.44. The predicted molar refractivity (Wildman–Crippen MR) is 93.7 cm³/mol. The van der Waals surface area contributed by atoms with E-state index in [4.69, 9.17) is 9.47 Å². The van der Waals surface area contributed by atoms with Crippen molar-refractivity contribution in [2.45, 2.75) is 18.6 Å². The van der Waals surface area contributed by atoms with E-state index < -0.39 is 24.2 Å². The standard InChI is InChI=1S/C19H21NO6/c1-25-16(11-12-21)17(13-7-9-15(22)10-8-13)26-19(24)20-18(23)14-5-3-2-4-6-14/h2-10,16-17,21-22H,11-12H2,1H3,(H,20,23,24)/t16-,17-/m0/s1. The minimum absolute atomic E-state index is 0.0623. The highest BCUT2D eigenvalue weighted by Crippen LogP contribution is 2.27. The number of benzene rings is 2. The predicted octanol–water partition coefficient (Wildman–Crippen LogP) is 2.40. The lowest BCUT2D eigenvalue weighted by atomic mass is 10.0. The molecule has 0 radical (unpaired) electrons. The van der Waals surface area contributed by atoms with Crippen molar-refractivity contribution in [3.8, 4) is 5.75 Å². The summed E-state index contributed by atoms with van der Waals surface area (Å²) in [6.07, 6.45) is -2.20. The average molecular weight is 359 g/mol. The molecule has 2 atom stereocenters. The molecule has 0 bridgehead atoms. The van der Waals surface area contributed by atoms with E-state index in [1.54, 1.807) is 42.5 Å². The number of alkyl carbamates (subject to hydrolysis) is 1. The van der Waals surface area contributed by atoms with E-state index in [0.717, 1.165) is 0 Å². The number of aromatic hydroxyl groups is 1. The number of ether oxygens (including phenoxy) is 2. The molecule has 0 unspecified atom stereocenters. The minimum atomic E-state index is -0.933. The van der Waals surface area contributed by atoms with Gasteiger partial charge in [-0.15, -0.1) is 0 Å². The van der Waals surface area contributed by atoms with Gasteiger partial charge in [0.1, 0.15) is 11.9 Å². The maximum atomic E-state index is 12.2. The van der Waals surface area contributed by atoms with E-state index in [1.807, 2.05) is 0 Å². The van der Waals surface area contributed by atoms with Gasteiger partial charge in [0.15, 0.2) is 6.10 Å². The first kappa shape index (κ1) is 19.4. The fraction of sp³-hybridized carbons (Fsp3) is 0.263. The van der Waals surface area contributed by atoms with Crippen LogP contribution in [-0.2, 0) is 9.47 Å². The molecule has 2 amide bonds. The lowest BCUT2D eigenvalue weighted by molar-refractivity contribution is -0.0337. The summed E-state index contributed by atoms with van der Waals surface area (Å²) in [5, 5.41) is 20.8. The van der Waals surface area contributed by atoms with Gasteiger partial charge in [0.05, 0.1) is 0 Å². The molecule has 0 saturated heterocycles. The number of rotatable bonds is 7. The van der Waals surface area contributed by atoms with E-state index in [2.05, 4.69) is 5.32 Å². The van der Waals surface area contributed by atoms with E-state index in [1.165, 1.54) is 19.2 Å². The third-order valence-electron chi connectivity index (χ3n) is 3.76. The summed E-state index contributed by atoms with van der Waals surface area (Å²) in [5.74, 6) is -0.525. The number of nitrogens with one attached hydrogen (secondary N) is 1. The number of imide groups is 1. The molecule has 0 saturated carbocycles. The van der Waals surface area contributed by atoms with Crippen LogP contribution in [0, 0.1) is 0 Å². The van der Waals surface area contributed by atoms with Gasteiger partial charge >= 0.3 is 6.09 Å². The zero-order chi connectivity index (χ0) is 18.9. The van der Waals surface area contributed by atoms with Crippen molar-refractivity contribution in [3.05, 3.63) is 65.7 Å². The monoisotopic (exact) mass is 359 g/mol. The van der Waals surface area contributed by atoms with Crippen LogP contribution in [-0.4, -0.2) is 42.0 Å². The topological polar surface area (TPSA) is 105 Å².